The Hall–Kier alpha value is -2.18. The summed E-state index contributed by atoms with van der Waals surface area (Å²) in [4.78, 5) is 6.92. The SMILES string of the molecule is C[C@@H](c1ccc(-c2ccc(C#N)cn2)cc1)N1CCCCC1. The van der Waals surface area contributed by atoms with Crippen LogP contribution in [-0.4, -0.2) is 23.0 Å². The van der Waals surface area contributed by atoms with E-state index < -0.39 is 0 Å². The van der Waals surface area contributed by atoms with Gasteiger partial charge in [0.1, 0.15) is 6.07 Å². The van der Waals surface area contributed by atoms with Crippen LogP contribution in [0.15, 0.2) is 42.6 Å². The standard InChI is InChI=1S/C19H21N3/c1-15(22-11-3-2-4-12-22)17-6-8-18(9-7-17)19-10-5-16(13-20)14-21-19/h5-10,14-15H,2-4,11-12H2,1H3/t15-/m0/s1. The van der Waals surface area contributed by atoms with E-state index in [-0.39, 0.29) is 0 Å². The highest BCUT2D eigenvalue weighted by Gasteiger charge is 2.17. The Balaban J connectivity index is 1.75. The Labute approximate surface area is 132 Å². The van der Waals surface area contributed by atoms with Gasteiger partial charge in [0, 0.05) is 17.8 Å². The van der Waals surface area contributed by atoms with Crippen molar-refractivity contribution < 1.29 is 0 Å². The molecule has 1 atom stereocenters. The first kappa shape index (κ1) is 14.7. The third kappa shape index (κ3) is 3.18. The second-order valence-electron chi connectivity index (χ2n) is 5.94. The van der Waals surface area contributed by atoms with Gasteiger partial charge in [0.05, 0.1) is 11.3 Å². The maximum Gasteiger partial charge on any atom is 0.101 e. The monoisotopic (exact) mass is 291 g/mol. The minimum absolute atomic E-state index is 0.475. The highest BCUT2D eigenvalue weighted by molar-refractivity contribution is 5.60. The first-order chi connectivity index (χ1) is 10.8. The molecule has 1 aromatic carbocycles. The molecule has 3 rings (SSSR count). The molecular weight excluding hydrogens is 270 g/mol. The fourth-order valence-corrected chi connectivity index (χ4v) is 3.08. The lowest BCUT2D eigenvalue weighted by Gasteiger charge is -2.32. The third-order valence-corrected chi connectivity index (χ3v) is 4.52. The second-order valence-corrected chi connectivity index (χ2v) is 5.94. The average molecular weight is 291 g/mol. The maximum absolute atomic E-state index is 8.83. The highest BCUT2D eigenvalue weighted by Crippen LogP contribution is 2.26. The summed E-state index contributed by atoms with van der Waals surface area (Å²) in [6.45, 7) is 4.71. The molecule has 1 aliphatic heterocycles. The molecule has 0 bridgehead atoms. The van der Waals surface area contributed by atoms with Crippen molar-refractivity contribution in [2.24, 2.45) is 0 Å². The number of nitrogens with zero attached hydrogens (tertiary/aromatic N) is 3. The molecular formula is C19H21N3. The van der Waals surface area contributed by atoms with Gasteiger partial charge >= 0.3 is 0 Å². The average Bonchev–Trinajstić information content (AvgIpc) is 2.62. The molecule has 0 N–H and O–H groups in total. The summed E-state index contributed by atoms with van der Waals surface area (Å²) in [5.74, 6) is 0. The van der Waals surface area contributed by atoms with Crippen molar-refractivity contribution >= 4 is 0 Å². The normalized spacial score (nSPS) is 16.9. The second kappa shape index (κ2) is 6.72. The first-order valence-corrected chi connectivity index (χ1v) is 7.98. The zero-order valence-corrected chi connectivity index (χ0v) is 13.0. The number of hydrogen-bond acceptors (Lipinski definition) is 3. The molecule has 0 saturated carbocycles. The Morgan fingerprint density at radius 2 is 1.77 bits per heavy atom. The molecule has 3 nitrogen and oxygen atoms in total. The van der Waals surface area contributed by atoms with Gasteiger partial charge in [-0.3, -0.25) is 9.88 Å². The van der Waals surface area contributed by atoms with Gasteiger partial charge in [-0.1, -0.05) is 30.7 Å². The maximum atomic E-state index is 8.83. The van der Waals surface area contributed by atoms with Crippen molar-refractivity contribution in [1.29, 1.82) is 5.26 Å². The molecule has 0 spiro atoms. The molecule has 1 fully saturated rings. The third-order valence-electron chi connectivity index (χ3n) is 4.52. The number of pyridine rings is 1. The van der Waals surface area contributed by atoms with Crippen molar-refractivity contribution in [2.45, 2.75) is 32.2 Å². The zero-order chi connectivity index (χ0) is 15.4. The highest BCUT2D eigenvalue weighted by atomic mass is 15.2. The number of nitriles is 1. The van der Waals surface area contributed by atoms with Crippen LogP contribution in [0.4, 0.5) is 0 Å². The van der Waals surface area contributed by atoms with Crippen LogP contribution < -0.4 is 0 Å². The first-order valence-electron chi connectivity index (χ1n) is 7.98. The lowest BCUT2D eigenvalue weighted by molar-refractivity contribution is 0.175. The van der Waals surface area contributed by atoms with Crippen LogP contribution in [0, 0.1) is 11.3 Å². The molecule has 0 amide bonds. The number of piperidine rings is 1. The number of aromatic nitrogens is 1. The molecule has 0 aliphatic carbocycles. The van der Waals surface area contributed by atoms with Gasteiger partial charge in [-0.15, -0.1) is 0 Å². The van der Waals surface area contributed by atoms with Crippen molar-refractivity contribution in [3.05, 3.63) is 53.7 Å². The summed E-state index contributed by atoms with van der Waals surface area (Å²) >= 11 is 0. The lowest BCUT2D eigenvalue weighted by atomic mass is 10.0. The van der Waals surface area contributed by atoms with Gasteiger partial charge in [-0.05, 0) is 50.6 Å². The summed E-state index contributed by atoms with van der Waals surface area (Å²) in [6.07, 6.45) is 5.63. The van der Waals surface area contributed by atoms with E-state index in [9.17, 15) is 0 Å². The van der Waals surface area contributed by atoms with Crippen molar-refractivity contribution in [3.8, 4) is 17.3 Å². The topological polar surface area (TPSA) is 39.9 Å². The van der Waals surface area contributed by atoms with E-state index >= 15 is 0 Å². The summed E-state index contributed by atoms with van der Waals surface area (Å²) in [7, 11) is 0. The van der Waals surface area contributed by atoms with Crippen molar-refractivity contribution in [1.82, 2.24) is 9.88 Å². The van der Waals surface area contributed by atoms with Crippen LogP contribution in [0.2, 0.25) is 0 Å². The Morgan fingerprint density at radius 1 is 1.05 bits per heavy atom. The summed E-state index contributed by atoms with van der Waals surface area (Å²) in [6, 6.07) is 15.0. The number of benzene rings is 1. The van der Waals surface area contributed by atoms with Crippen LogP contribution >= 0.6 is 0 Å². The molecule has 1 saturated heterocycles. The Bertz CT molecular complexity index is 647. The molecule has 0 radical (unpaired) electrons. The van der Waals surface area contributed by atoms with Crippen molar-refractivity contribution in [2.75, 3.05) is 13.1 Å². The van der Waals surface area contributed by atoms with Crippen LogP contribution in [0.25, 0.3) is 11.3 Å². The van der Waals surface area contributed by atoms with E-state index in [4.69, 9.17) is 5.26 Å². The smallest absolute Gasteiger partial charge is 0.101 e. The van der Waals surface area contributed by atoms with Crippen LogP contribution in [-0.2, 0) is 0 Å². The summed E-state index contributed by atoms with van der Waals surface area (Å²) in [5.41, 5.74) is 3.97. The molecule has 112 valence electrons. The quantitative estimate of drug-likeness (QED) is 0.852. The van der Waals surface area contributed by atoms with Gasteiger partial charge in [-0.25, -0.2) is 0 Å². The largest absolute Gasteiger partial charge is 0.297 e. The molecule has 1 aromatic heterocycles. The minimum atomic E-state index is 0.475. The fraction of sp³-hybridized carbons (Fsp3) is 0.368. The van der Waals surface area contributed by atoms with Crippen LogP contribution in [0.1, 0.15) is 43.4 Å². The lowest BCUT2D eigenvalue weighted by Crippen LogP contribution is -2.32. The fourth-order valence-electron chi connectivity index (χ4n) is 3.08. The van der Waals surface area contributed by atoms with Crippen molar-refractivity contribution in [3.63, 3.8) is 0 Å². The van der Waals surface area contributed by atoms with Crippen LogP contribution in [0.5, 0.6) is 0 Å². The number of rotatable bonds is 3. The molecule has 2 aromatic rings. The van der Waals surface area contributed by atoms with Gasteiger partial charge in [0.2, 0.25) is 0 Å². The molecule has 0 unspecified atom stereocenters. The van der Waals surface area contributed by atoms with E-state index in [1.165, 1.54) is 37.9 Å². The molecule has 22 heavy (non-hydrogen) atoms. The Morgan fingerprint density at radius 3 is 2.36 bits per heavy atom. The van der Waals surface area contributed by atoms with Crippen LogP contribution in [0.3, 0.4) is 0 Å². The van der Waals surface area contributed by atoms with E-state index in [1.807, 2.05) is 12.1 Å². The number of hydrogen-bond donors (Lipinski definition) is 0. The zero-order valence-electron chi connectivity index (χ0n) is 13.0. The summed E-state index contributed by atoms with van der Waals surface area (Å²) < 4.78 is 0. The summed E-state index contributed by atoms with van der Waals surface area (Å²) in [5, 5.41) is 8.83. The molecule has 2 heterocycles. The van der Waals surface area contributed by atoms with E-state index in [2.05, 4.69) is 47.1 Å². The predicted octanol–water partition coefficient (Wildman–Crippen LogP) is 4.17. The van der Waals surface area contributed by atoms with Gasteiger partial charge in [0.15, 0.2) is 0 Å². The molecule has 3 heteroatoms. The molecule has 1 aliphatic rings. The van der Waals surface area contributed by atoms with Gasteiger partial charge < -0.3 is 0 Å². The minimum Gasteiger partial charge on any atom is -0.297 e. The van der Waals surface area contributed by atoms with E-state index in [1.54, 1.807) is 6.20 Å². The van der Waals surface area contributed by atoms with Gasteiger partial charge in [-0.2, -0.15) is 5.26 Å². The number of likely N-dealkylation sites (tertiary alicyclic amines) is 1. The Kier molecular flexibility index (Phi) is 4.50. The van der Waals surface area contributed by atoms with E-state index in [0.717, 1.165) is 11.3 Å². The predicted molar refractivity (Wildman–Crippen MR) is 88.2 cm³/mol. The van der Waals surface area contributed by atoms with Gasteiger partial charge in [0.25, 0.3) is 0 Å². The van der Waals surface area contributed by atoms with E-state index in [0.29, 0.717) is 11.6 Å².